The topological polar surface area (TPSA) is 101 Å². The van der Waals surface area contributed by atoms with Crippen molar-refractivity contribution >= 4 is 38.1 Å². The zero-order valence-electron chi connectivity index (χ0n) is 15.0. The molecule has 0 radical (unpaired) electrons. The van der Waals surface area contributed by atoms with E-state index < -0.39 is 10.0 Å². The highest BCUT2D eigenvalue weighted by Crippen LogP contribution is 2.42. The molecule has 1 aliphatic carbocycles. The van der Waals surface area contributed by atoms with Crippen molar-refractivity contribution in [2.75, 3.05) is 10.0 Å². The molecule has 0 unspecified atom stereocenters. The van der Waals surface area contributed by atoms with Crippen molar-refractivity contribution in [3.05, 3.63) is 64.7 Å². The number of carbonyl (C=O) groups is 1. The molecule has 0 bridgehead atoms. The van der Waals surface area contributed by atoms with Gasteiger partial charge in [0.2, 0.25) is 5.13 Å². The van der Waals surface area contributed by atoms with Crippen LogP contribution in [0.1, 0.15) is 39.7 Å². The maximum Gasteiger partial charge on any atom is 0.261 e. The molecule has 0 atom stereocenters. The van der Waals surface area contributed by atoms with Gasteiger partial charge < -0.3 is 0 Å². The Balaban J connectivity index is 1.46. The van der Waals surface area contributed by atoms with Gasteiger partial charge in [-0.25, -0.2) is 8.42 Å². The predicted octanol–water partition coefficient (Wildman–Crippen LogP) is 3.78. The molecule has 2 N–H and O–H groups in total. The molecule has 1 heterocycles. The van der Waals surface area contributed by atoms with Crippen molar-refractivity contribution in [2.24, 2.45) is 0 Å². The molecule has 0 saturated heterocycles. The number of nitrogens with zero attached hydrogens (tertiary/aromatic N) is 2. The third-order valence-corrected chi connectivity index (χ3v) is 6.79. The zero-order valence-corrected chi connectivity index (χ0v) is 16.7. The molecule has 144 valence electrons. The van der Waals surface area contributed by atoms with E-state index in [0.29, 0.717) is 22.3 Å². The number of aryl methyl sites for hydroxylation is 1. The monoisotopic (exact) mass is 414 g/mol. The van der Waals surface area contributed by atoms with Crippen LogP contribution in [0.25, 0.3) is 0 Å². The summed E-state index contributed by atoms with van der Waals surface area (Å²) in [5.41, 5.74) is 1.69. The van der Waals surface area contributed by atoms with Crippen molar-refractivity contribution in [3.8, 4) is 0 Å². The number of anilines is 2. The number of nitrogens with one attached hydrogen (secondary N) is 2. The smallest absolute Gasteiger partial charge is 0.261 e. The van der Waals surface area contributed by atoms with E-state index in [9.17, 15) is 13.2 Å². The lowest BCUT2D eigenvalue weighted by Crippen LogP contribution is -2.15. The second-order valence-corrected chi connectivity index (χ2v) is 9.31. The number of rotatable bonds is 6. The number of benzene rings is 2. The molecule has 9 heteroatoms. The third-order valence-electron chi connectivity index (χ3n) is 4.40. The molecule has 1 aromatic heterocycles. The number of hydrogen-bond donors (Lipinski definition) is 2. The lowest BCUT2D eigenvalue weighted by molar-refractivity contribution is 0.102. The molecule has 4 rings (SSSR count). The quantitative estimate of drug-likeness (QED) is 0.639. The Labute approximate surface area is 166 Å². The molecule has 1 fully saturated rings. The first kappa shape index (κ1) is 18.6. The number of para-hydroxylation sites is 1. The SMILES string of the molecule is Cc1ccccc1NS(=O)(=O)c1ccc(C(=O)Nc2nnc(C3CC3)s2)cc1. The van der Waals surface area contributed by atoms with E-state index in [1.165, 1.54) is 35.6 Å². The Morgan fingerprint density at radius 3 is 2.46 bits per heavy atom. The second-order valence-electron chi connectivity index (χ2n) is 6.62. The number of carbonyl (C=O) groups excluding carboxylic acids is 1. The summed E-state index contributed by atoms with van der Waals surface area (Å²) in [6, 6.07) is 12.9. The lowest BCUT2D eigenvalue weighted by Gasteiger charge is -2.10. The average molecular weight is 415 g/mol. The second kappa shape index (κ2) is 7.33. The molecule has 2 aromatic carbocycles. The fourth-order valence-electron chi connectivity index (χ4n) is 2.63. The normalized spacial score (nSPS) is 13.9. The Bertz CT molecular complexity index is 1120. The van der Waals surface area contributed by atoms with Gasteiger partial charge in [-0.05, 0) is 55.7 Å². The molecule has 1 amide bonds. The van der Waals surface area contributed by atoms with Crippen LogP contribution in [0.2, 0.25) is 0 Å². The summed E-state index contributed by atoms with van der Waals surface area (Å²) < 4.78 is 27.7. The minimum absolute atomic E-state index is 0.0826. The van der Waals surface area contributed by atoms with Crippen LogP contribution in [-0.4, -0.2) is 24.5 Å². The van der Waals surface area contributed by atoms with E-state index in [-0.39, 0.29) is 10.8 Å². The van der Waals surface area contributed by atoms with Crippen molar-refractivity contribution in [1.82, 2.24) is 10.2 Å². The molecular formula is C19H18N4O3S2. The van der Waals surface area contributed by atoms with Crippen molar-refractivity contribution in [3.63, 3.8) is 0 Å². The van der Waals surface area contributed by atoms with Crippen molar-refractivity contribution in [2.45, 2.75) is 30.6 Å². The van der Waals surface area contributed by atoms with Crippen LogP contribution in [0.3, 0.4) is 0 Å². The highest BCUT2D eigenvalue weighted by molar-refractivity contribution is 7.92. The Hall–Kier alpha value is -2.78. The highest BCUT2D eigenvalue weighted by atomic mass is 32.2. The first-order valence-electron chi connectivity index (χ1n) is 8.76. The maximum atomic E-state index is 12.6. The van der Waals surface area contributed by atoms with Gasteiger partial charge in [-0.1, -0.05) is 29.5 Å². The third kappa shape index (κ3) is 4.05. The van der Waals surface area contributed by atoms with Gasteiger partial charge in [0.05, 0.1) is 10.6 Å². The van der Waals surface area contributed by atoms with E-state index in [0.717, 1.165) is 23.4 Å². The van der Waals surface area contributed by atoms with Crippen LogP contribution in [0.5, 0.6) is 0 Å². The van der Waals surface area contributed by atoms with Gasteiger partial charge in [-0.15, -0.1) is 10.2 Å². The molecular weight excluding hydrogens is 396 g/mol. The van der Waals surface area contributed by atoms with E-state index in [1.807, 2.05) is 19.1 Å². The Morgan fingerprint density at radius 2 is 1.79 bits per heavy atom. The summed E-state index contributed by atoms with van der Waals surface area (Å²) in [4.78, 5) is 12.5. The lowest BCUT2D eigenvalue weighted by atomic mass is 10.2. The standard InChI is InChI=1S/C19H18N4O3S2/c1-12-4-2-3-5-16(12)23-28(25,26)15-10-8-13(9-11-15)17(24)20-19-22-21-18(27-19)14-6-7-14/h2-5,8-11,14,23H,6-7H2,1H3,(H,20,22,24). The van der Waals surface area contributed by atoms with Crippen LogP contribution in [0.15, 0.2) is 53.4 Å². The van der Waals surface area contributed by atoms with Crippen molar-refractivity contribution < 1.29 is 13.2 Å². The van der Waals surface area contributed by atoms with Gasteiger partial charge >= 0.3 is 0 Å². The van der Waals surface area contributed by atoms with Crippen molar-refractivity contribution in [1.29, 1.82) is 0 Å². The molecule has 28 heavy (non-hydrogen) atoms. The summed E-state index contributed by atoms with van der Waals surface area (Å²) in [5.74, 6) is 0.128. The summed E-state index contributed by atoms with van der Waals surface area (Å²) in [6.07, 6.45) is 2.24. The first-order valence-corrected chi connectivity index (χ1v) is 11.1. The van der Waals surface area contributed by atoms with Gasteiger partial charge in [0.25, 0.3) is 15.9 Å². The fourth-order valence-corrected chi connectivity index (χ4v) is 4.66. The summed E-state index contributed by atoms with van der Waals surface area (Å²) in [5, 5.41) is 12.2. The van der Waals surface area contributed by atoms with Gasteiger partial charge in [-0.3, -0.25) is 14.8 Å². The Kier molecular flexibility index (Phi) is 4.86. The average Bonchev–Trinajstić information content (AvgIpc) is 3.43. The van der Waals surface area contributed by atoms with Crippen LogP contribution in [0, 0.1) is 6.92 Å². The summed E-state index contributed by atoms with van der Waals surface area (Å²) in [6.45, 7) is 1.83. The van der Waals surface area contributed by atoms with Gasteiger partial charge in [0, 0.05) is 11.5 Å². The molecule has 0 spiro atoms. The minimum Gasteiger partial charge on any atom is -0.296 e. The van der Waals surface area contributed by atoms with E-state index in [1.54, 1.807) is 12.1 Å². The van der Waals surface area contributed by atoms with Crippen LogP contribution in [0.4, 0.5) is 10.8 Å². The molecule has 1 aliphatic rings. The summed E-state index contributed by atoms with van der Waals surface area (Å²) >= 11 is 1.38. The zero-order chi connectivity index (χ0) is 19.7. The highest BCUT2D eigenvalue weighted by Gasteiger charge is 2.27. The first-order chi connectivity index (χ1) is 13.4. The Morgan fingerprint density at radius 1 is 1.07 bits per heavy atom. The number of hydrogen-bond acceptors (Lipinski definition) is 6. The van der Waals surface area contributed by atoms with Gasteiger partial charge in [0.15, 0.2) is 0 Å². The van der Waals surface area contributed by atoms with Gasteiger partial charge in [-0.2, -0.15) is 0 Å². The van der Waals surface area contributed by atoms with Gasteiger partial charge in [0.1, 0.15) is 5.01 Å². The molecule has 7 nitrogen and oxygen atoms in total. The number of sulfonamides is 1. The van der Waals surface area contributed by atoms with E-state index >= 15 is 0 Å². The molecule has 1 saturated carbocycles. The predicted molar refractivity (Wildman–Crippen MR) is 108 cm³/mol. The maximum absolute atomic E-state index is 12.6. The number of amides is 1. The van der Waals surface area contributed by atoms with E-state index in [2.05, 4.69) is 20.2 Å². The van der Waals surface area contributed by atoms with Crippen LogP contribution < -0.4 is 10.0 Å². The summed E-state index contributed by atoms with van der Waals surface area (Å²) in [7, 11) is -3.74. The van der Waals surface area contributed by atoms with E-state index in [4.69, 9.17) is 0 Å². The fraction of sp³-hybridized carbons (Fsp3) is 0.211. The van der Waals surface area contributed by atoms with Crippen LogP contribution in [-0.2, 0) is 10.0 Å². The molecule has 0 aliphatic heterocycles. The van der Waals surface area contributed by atoms with Crippen LogP contribution >= 0.6 is 11.3 Å². The minimum atomic E-state index is -3.74. The number of aromatic nitrogens is 2. The molecule has 3 aromatic rings. The largest absolute Gasteiger partial charge is 0.296 e.